The van der Waals surface area contributed by atoms with Gasteiger partial charge >= 0.3 is 0 Å². The zero-order valence-electron chi connectivity index (χ0n) is 19.0. The van der Waals surface area contributed by atoms with Gasteiger partial charge in [-0.2, -0.15) is 0 Å². The summed E-state index contributed by atoms with van der Waals surface area (Å²) in [5.41, 5.74) is 5.76. The molecule has 0 radical (unpaired) electrons. The van der Waals surface area contributed by atoms with Gasteiger partial charge in [0.15, 0.2) is 0 Å². The normalized spacial score (nSPS) is 11.6. The zero-order valence-corrected chi connectivity index (χ0v) is 19.0. The fourth-order valence-corrected chi connectivity index (χ4v) is 3.83. The van der Waals surface area contributed by atoms with E-state index in [1.165, 1.54) is 18.2 Å². The SMILES string of the molecule is CCOc1c(/C(C)=C/C(=O)Nc2cc(C)ccn2)cc2c(-c3ccc(F)cc3)coc2c1C. The van der Waals surface area contributed by atoms with Gasteiger partial charge in [0.1, 0.15) is 23.0 Å². The molecule has 6 heteroatoms. The summed E-state index contributed by atoms with van der Waals surface area (Å²) in [6.07, 6.45) is 4.85. The third kappa shape index (κ3) is 4.65. The number of carbonyl (C=O) groups is 1. The Kier molecular flexibility index (Phi) is 6.27. The largest absolute Gasteiger partial charge is 0.493 e. The molecule has 0 atom stereocenters. The highest BCUT2D eigenvalue weighted by Crippen LogP contribution is 2.40. The number of furan rings is 1. The van der Waals surface area contributed by atoms with Crippen LogP contribution in [0.4, 0.5) is 10.2 Å². The number of hydrogen-bond donors (Lipinski definition) is 1. The second-order valence-electron chi connectivity index (χ2n) is 7.88. The lowest BCUT2D eigenvalue weighted by Gasteiger charge is -2.15. The molecule has 0 saturated carbocycles. The molecule has 0 bridgehead atoms. The van der Waals surface area contributed by atoms with Crippen LogP contribution in [0.15, 0.2) is 65.4 Å². The monoisotopic (exact) mass is 444 g/mol. The molecule has 2 aromatic heterocycles. The Bertz CT molecular complexity index is 1350. The van der Waals surface area contributed by atoms with Crippen LogP contribution in [0.5, 0.6) is 5.75 Å². The molecule has 0 spiro atoms. The third-order valence-electron chi connectivity index (χ3n) is 5.43. The molecule has 0 aliphatic carbocycles. The minimum Gasteiger partial charge on any atom is -0.493 e. The van der Waals surface area contributed by atoms with Crippen LogP contribution >= 0.6 is 0 Å². The summed E-state index contributed by atoms with van der Waals surface area (Å²) < 4.78 is 25.2. The Balaban J connectivity index is 1.78. The van der Waals surface area contributed by atoms with E-state index in [9.17, 15) is 9.18 Å². The van der Waals surface area contributed by atoms with Crippen LogP contribution < -0.4 is 10.1 Å². The lowest BCUT2D eigenvalue weighted by molar-refractivity contribution is -0.111. The number of hydrogen-bond acceptors (Lipinski definition) is 4. The minimum atomic E-state index is -0.296. The summed E-state index contributed by atoms with van der Waals surface area (Å²) >= 11 is 0. The summed E-state index contributed by atoms with van der Waals surface area (Å²) in [4.78, 5) is 16.9. The van der Waals surface area contributed by atoms with Crippen molar-refractivity contribution < 1.29 is 18.3 Å². The average Bonchev–Trinajstić information content (AvgIpc) is 3.20. The summed E-state index contributed by atoms with van der Waals surface area (Å²) in [5, 5.41) is 3.67. The number of halogens is 1. The number of allylic oxidation sites excluding steroid dienone is 1. The van der Waals surface area contributed by atoms with Crippen LogP contribution in [0.25, 0.3) is 27.7 Å². The average molecular weight is 445 g/mol. The number of pyridine rings is 1. The van der Waals surface area contributed by atoms with Gasteiger partial charge < -0.3 is 14.5 Å². The molecule has 2 aromatic carbocycles. The van der Waals surface area contributed by atoms with E-state index in [0.29, 0.717) is 23.8 Å². The van der Waals surface area contributed by atoms with E-state index in [4.69, 9.17) is 9.15 Å². The van der Waals surface area contributed by atoms with Crippen LogP contribution in [-0.4, -0.2) is 17.5 Å². The lowest BCUT2D eigenvalue weighted by Crippen LogP contribution is -2.10. The fraction of sp³-hybridized carbons (Fsp3) is 0.185. The number of aryl methyl sites for hydroxylation is 2. The molecule has 0 aliphatic rings. The molecule has 1 amide bonds. The smallest absolute Gasteiger partial charge is 0.249 e. The van der Waals surface area contributed by atoms with Gasteiger partial charge in [-0.25, -0.2) is 9.37 Å². The fourth-order valence-electron chi connectivity index (χ4n) is 3.83. The highest BCUT2D eigenvalue weighted by molar-refractivity contribution is 6.05. The Morgan fingerprint density at radius 1 is 1.18 bits per heavy atom. The predicted octanol–water partition coefficient (Wildman–Crippen LogP) is 6.69. The number of carbonyl (C=O) groups excluding carboxylic acids is 1. The van der Waals surface area contributed by atoms with Crippen molar-refractivity contribution in [3.05, 3.63) is 83.5 Å². The number of nitrogens with zero attached hydrogens (tertiary/aromatic N) is 1. The Morgan fingerprint density at radius 2 is 1.94 bits per heavy atom. The molecule has 2 heterocycles. The maximum absolute atomic E-state index is 13.4. The van der Waals surface area contributed by atoms with Crippen molar-refractivity contribution in [1.82, 2.24) is 4.98 Å². The van der Waals surface area contributed by atoms with Crippen molar-refractivity contribution >= 4 is 28.3 Å². The van der Waals surface area contributed by atoms with Crippen molar-refractivity contribution in [2.45, 2.75) is 27.7 Å². The van der Waals surface area contributed by atoms with Gasteiger partial charge in [0.25, 0.3) is 0 Å². The van der Waals surface area contributed by atoms with Gasteiger partial charge in [0.05, 0.1) is 12.9 Å². The highest BCUT2D eigenvalue weighted by atomic mass is 19.1. The molecule has 168 valence electrons. The Morgan fingerprint density at radius 3 is 2.64 bits per heavy atom. The summed E-state index contributed by atoms with van der Waals surface area (Å²) in [7, 11) is 0. The highest BCUT2D eigenvalue weighted by Gasteiger charge is 2.19. The molecule has 4 aromatic rings. The molecule has 1 N–H and O–H groups in total. The van der Waals surface area contributed by atoms with Crippen molar-refractivity contribution in [2.24, 2.45) is 0 Å². The van der Waals surface area contributed by atoms with Gasteiger partial charge in [-0.1, -0.05) is 12.1 Å². The summed E-state index contributed by atoms with van der Waals surface area (Å²) in [5.74, 6) is 0.584. The molecule has 0 unspecified atom stereocenters. The van der Waals surface area contributed by atoms with Crippen LogP contribution in [0.1, 0.15) is 30.5 Å². The predicted molar refractivity (Wildman–Crippen MR) is 129 cm³/mol. The molecule has 5 nitrogen and oxygen atoms in total. The van der Waals surface area contributed by atoms with Crippen LogP contribution in [0, 0.1) is 19.7 Å². The topological polar surface area (TPSA) is 64.4 Å². The molecular formula is C27H25FN2O3. The van der Waals surface area contributed by atoms with E-state index in [1.54, 1.807) is 24.6 Å². The van der Waals surface area contributed by atoms with Crippen LogP contribution in [0.3, 0.4) is 0 Å². The van der Waals surface area contributed by atoms with E-state index in [1.807, 2.05) is 45.9 Å². The van der Waals surface area contributed by atoms with Gasteiger partial charge in [-0.05, 0) is 74.7 Å². The zero-order chi connectivity index (χ0) is 23.5. The Hall–Kier alpha value is -3.93. The molecule has 0 aliphatic heterocycles. The molecule has 33 heavy (non-hydrogen) atoms. The Labute approximate surface area is 191 Å². The van der Waals surface area contributed by atoms with Gasteiger partial charge in [-0.15, -0.1) is 0 Å². The van der Waals surface area contributed by atoms with Gasteiger partial charge in [0, 0.05) is 34.3 Å². The first-order chi connectivity index (χ1) is 15.9. The van der Waals surface area contributed by atoms with Crippen molar-refractivity contribution in [2.75, 3.05) is 11.9 Å². The molecule has 0 saturated heterocycles. The van der Waals surface area contributed by atoms with Gasteiger partial charge in [0.2, 0.25) is 5.91 Å². The standard InChI is InChI=1S/C27H25FN2O3/c1-5-32-26-18(4)27-22(23(15-33-27)19-6-8-20(28)9-7-19)14-21(26)17(3)13-25(31)30-24-12-16(2)10-11-29-24/h6-15H,5H2,1-4H3,(H,29,30,31)/b17-13+. The number of nitrogens with one attached hydrogen (secondary N) is 1. The van der Waals surface area contributed by atoms with E-state index in [-0.39, 0.29) is 11.7 Å². The van der Waals surface area contributed by atoms with E-state index >= 15 is 0 Å². The minimum absolute atomic E-state index is 0.281. The second kappa shape index (κ2) is 9.28. The quantitative estimate of drug-likeness (QED) is 0.337. The number of ether oxygens (including phenoxy) is 1. The van der Waals surface area contributed by atoms with Crippen LogP contribution in [0.2, 0.25) is 0 Å². The van der Waals surface area contributed by atoms with Gasteiger partial charge in [-0.3, -0.25) is 4.79 Å². The van der Waals surface area contributed by atoms with E-state index in [0.717, 1.165) is 38.8 Å². The number of anilines is 1. The third-order valence-corrected chi connectivity index (χ3v) is 5.43. The maximum Gasteiger partial charge on any atom is 0.249 e. The number of fused-ring (bicyclic) bond motifs is 1. The second-order valence-corrected chi connectivity index (χ2v) is 7.88. The molecule has 0 fully saturated rings. The summed E-state index contributed by atoms with van der Waals surface area (Å²) in [6.45, 7) is 8.11. The lowest BCUT2D eigenvalue weighted by atomic mass is 9.96. The first-order valence-electron chi connectivity index (χ1n) is 10.7. The van der Waals surface area contributed by atoms with E-state index < -0.39 is 0 Å². The van der Waals surface area contributed by atoms with E-state index in [2.05, 4.69) is 10.3 Å². The first kappa shape index (κ1) is 22.3. The number of aromatic nitrogens is 1. The van der Waals surface area contributed by atoms with Crippen molar-refractivity contribution in [1.29, 1.82) is 0 Å². The van der Waals surface area contributed by atoms with Crippen molar-refractivity contribution in [3.63, 3.8) is 0 Å². The number of amides is 1. The first-order valence-corrected chi connectivity index (χ1v) is 10.7. The van der Waals surface area contributed by atoms with Crippen LogP contribution in [-0.2, 0) is 4.79 Å². The summed E-state index contributed by atoms with van der Waals surface area (Å²) in [6, 6.07) is 11.9. The molecule has 4 rings (SSSR count). The maximum atomic E-state index is 13.4. The number of benzene rings is 2. The molecular weight excluding hydrogens is 419 g/mol. The number of rotatable bonds is 6. The van der Waals surface area contributed by atoms with Crippen molar-refractivity contribution in [3.8, 4) is 16.9 Å².